The van der Waals surface area contributed by atoms with Crippen molar-refractivity contribution in [1.29, 1.82) is 0 Å². The first-order chi connectivity index (χ1) is 7.10. The van der Waals surface area contributed by atoms with E-state index in [1.807, 2.05) is 0 Å². The van der Waals surface area contributed by atoms with Crippen molar-refractivity contribution in [2.75, 3.05) is 6.61 Å². The van der Waals surface area contributed by atoms with E-state index in [1.165, 1.54) is 6.92 Å². The summed E-state index contributed by atoms with van der Waals surface area (Å²) in [4.78, 5) is 22.4. The Bertz CT molecular complexity index is 270. The number of allylic oxidation sites excluding steroid dienone is 1. The van der Waals surface area contributed by atoms with Gasteiger partial charge in [0, 0.05) is 18.8 Å². The van der Waals surface area contributed by atoms with Crippen LogP contribution in [-0.2, 0) is 14.3 Å². The van der Waals surface area contributed by atoms with E-state index in [0.717, 1.165) is 12.8 Å². The highest BCUT2D eigenvalue weighted by Gasteiger charge is 2.40. The van der Waals surface area contributed by atoms with Crippen LogP contribution in [0, 0.1) is 5.41 Å². The largest absolute Gasteiger partial charge is 0.466 e. The Hall–Kier alpha value is -1.12. The predicted octanol–water partition coefficient (Wildman–Crippen LogP) is 2.26. The monoisotopic (exact) mass is 210 g/mol. The molecule has 3 nitrogen and oxygen atoms in total. The average Bonchev–Trinajstić information content (AvgIpc) is 2.48. The number of hydrogen-bond acceptors (Lipinski definition) is 3. The van der Waals surface area contributed by atoms with Crippen LogP contribution in [0.1, 0.15) is 39.0 Å². The number of esters is 1. The number of ether oxygens (including phenoxy) is 1. The molecule has 0 saturated heterocycles. The third kappa shape index (κ3) is 2.91. The minimum atomic E-state index is -0.294. The molecule has 1 atom stereocenters. The zero-order valence-electron chi connectivity index (χ0n) is 9.25. The van der Waals surface area contributed by atoms with Gasteiger partial charge in [-0.2, -0.15) is 0 Å². The maximum atomic E-state index is 11.8. The van der Waals surface area contributed by atoms with Gasteiger partial charge in [-0.05, 0) is 25.7 Å². The number of rotatable bonds is 5. The summed E-state index contributed by atoms with van der Waals surface area (Å²) in [6.07, 6.45) is 5.64. The summed E-state index contributed by atoms with van der Waals surface area (Å²) in [5, 5.41) is 0. The van der Waals surface area contributed by atoms with Crippen LogP contribution in [0.25, 0.3) is 0 Å². The van der Waals surface area contributed by atoms with Crippen LogP contribution in [0.4, 0.5) is 0 Å². The Labute approximate surface area is 90.5 Å². The minimum Gasteiger partial charge on any atom is -0.466 e. The first-order valence-electron chi connectivity index (χ1n) is 5.38. The zero-order chi connectivity index (χ0) is 11.3. The van der Waals surface area contributed by atoms with E-state index in [9.17, 15) is 9.59 Å². The fourth-order valence-corrected chi connectivity index (χ4v) is 2.24. The first-order valence-corrected chi connectivity index (χ1v) is 5.38. The van der Waals surface area contributed by atoms with Crippen LogP contribution < -0.4 is 0 Å². The highest BCUT2D eigenvalue weighted by Crippen LogP contribution is 2.41. The van der Waals surface area contributed by atoms with Crippen molar-refractivity contribution in [1.82, 2.24) is 0 Å². The highest BCUT2D eigenvalue weighted by atomic mass is 16.5. The maximum Gasteiger partial charge on any atom is 0.302 e. The van der Waals surface area contributed by atoms with E-state index in [4.69, 9.17) is 4.74 Å². The molecular formula is C12H18O3. The fraction of sp³-hybridized carbons (Fsp3) is 0.667. The summed E-state index contributed by atoms with van der Waals surface area (Å²) in [6.45, 7) is 5.41. The molecular weight excluding hydrogens is 192 g/mol. The molecule has 1 saturated carbocycles. The second kappa shape index (κ2) is 5.10. The lowest BCUT2D eigenvalue weighted by Crippen LogP contribution is -2.27. The minimum absolute atomic E-state index is 0.283. The van der Waals surface area contributed by atoms with Crippen molar-refractivity contribution >= 4 is 11.8 Å². The number of carbonyl (C=O) groups is 2. The Kier molecular flexibility index (Phi) is 4.06. The molecule has 1 fully saturated rings. The third-order valence-corrected chi connectivity index (χ3v) is 3.07. The van der Waals surface area contributed by atoms with Crippen molar-refractivity contribution in [2.24, 2.45) is 5.41 Å². The van der Waals surface area contributed by atoms with Crippen LogP contribution in [0.5, 0.6) is 0 Å². The molecule has 1 unspecified atom stereocenters. The van der Waals surface area contributed by atoms with E-state index in [0.29, 0.717) is 31.7 Å². The zero-order valence-corrected chi connectivity index (χ0v) is 9.25. The SMILES string of the molecule is C=CCC1(CCOC(C)=O)CCCC1=O. The van der Waals surface area contributed by atoms with E-state index < -0.39 is 0 Å². The molecule has 84 valence electrons. The van der Waals surface area contributed by atoms with E-state index in [-0.39, 0.29) is 11.4 Å². The van der Waals surface area contributed by atoms with Crippen LogP contribution in [0.3, 0.4) is 0 Å². The Morgan fingerprint density at radius 1 is 1.67 bits per heavy atom. The number of Topliss-reactive ketones (excluding diaryl/α,β-unsaturated/α-hetero) is 1. The molecule has 0 aliphatic heterocycles. The molecule has 0 heterocycles. The summed E-state index contributed by atoms with van der Waals surface area (Å²) >= 11 is 0. The Morgan fingerprint density at radius 2 is 2.40 bits per heavy atom. The molecule has 0 amide bonds. The van der Waals surface area contributed by atoms with Gasteiger partial charge in [-0.3, -0.25) is 9.59 Å². The van der Waals surface area contributed by atoms with E-state index in [1.54, 1.807) is 6.08 Å². The van der Waals surface area contributed by atoms with Crippen molar-refractivity contribution in [2.45, 2.75) is 39.0 Å². The van der Waals surface area contributed by atoms with Gasteiger partial charge in [0.1, 0.15) is 5.78 Å². The molecule has 0 aromatic carbocycles. The quantitative estimate of drug-likeness (QED) is 0.516. The summed E-state index contributed by atoms with van der Waals surface area (Å²) in [7, 11) is 0. The normalized spacial score (nSPS) is 25.3. The van der Waals surface area contributed by atoms with Crippen molar-refractivity contribution < 1.29 is 14.3 Å². The standard InChI is InChI=1S/C12H18O3/c1-3-6-12(7-4-5-11(12)14)8-9-15-10(2)13/h3H,1,4-9H2,2H3. The van der Waals surface area contributed by atoms with E-state index >= 15 is 0 Å². The van der Waals surface area contributed by atoms with Gasteiger partial charge in [0.15, 0.2) is 0 Å². The van der Waals surface area contributed by atoms with Gasteiger partial charge < -0.3 is 4.74 Å². The summed E-state index contributed by atoms with van der Waals surface area (Å²) in [6, 6.07) is 0. The third-order valence-electron chi connectivity index (χ3n) is 3.07. The molecule has 0 spiro atoms. The summed E-state index contributed by atoms with van der Waals surface area (Å²) in [5.74, 6) is 0.0174. The van der Waals surface area contributed by atoms with Gasteiger partial charge in [-0.15, -0.1) is 6.58 Å². The topological polar surface area (TPSA) is 43.4 Å². The molecule has 1 aliphatic carbocycles. The molecule has 1 rings (SSSR count). The van der Waals surface area contributed by atoms with Gasteiger partial charge in [-0.1, -0.05) is 6.08 Å². The predicted molar refractivity (Wildman–Crippen MR) is 57.4 cm³/mol. The van der Waals surface area contributed by atoms with Crippen LogP contribution in [0.15, 0.2) is 12.7 Å². The lowest BCUT2D eigenvalue weighted by atomic mass is 9.79. The van der Waals surface area contributed by atoms with Crippen molar-refractivity contribution in [3.8, 4) is 0 Å². The molecule has 0 radical (unpaired) electrons. The molecule has 0 aromatic heterocycles. The van der Waals surface area contributed by atoms with Gasteiger partial charge >= 0.3 is 5.97 Å². The molecule has 15 heavy (non-hydrogen) atoms. The fourth-order valence-electron chi connectivity index (χ4n) is 2.24. The molecule has 1 aliphatic rings. The van der Waals surface area contributed by atoms with Gasteiger partial charge in [0.25, 0.3) is 0 Å². The second-order valence-electron chi connectivity index (χ2n) is 4.14. The van der Waals surface area contributed by atoms with Crippen LogP contribution in [0.2, 0.25) is 0 Å². The van der Waals surface area contributed by atoms with Gasteiger partial charge in [-0.25, -0.2) is 0 Å². The number of carbonyl (C=O) groups excluding carboxylic acids is 2. The molecule has 0 bridgehead atoms. The maximum absolute atomic E-state index is 11.8. The van der Waals surface area contributed by atoms with Crippen LogP contribution in [-0.4, -0.2) is 18.4 Å². The average molecular weight is 210 g/mol. The summed E-state index contributed by atoms with van der Waals surface area (Å²) in [5.41, 5.74) is -0.294. The van der Waals surface area contributed by atoms with Gasteiger partial charge in [0.2, 0.25) is 0 Å². The smallest absolute Gasteiger partial charge is 0.302 e. The van der Waals surface area contributed by atoms with E-state index in [2.05, 4.69) is 6.58 Å². The lowest BCUT2D eigenvalue weighted by Gasteiger charge is -2.25. The molecule has 0 aromatic rings. The summed E-state index contributed by atoms with van der Waals surface area (Å²) < 4.78 is 4.90. The van der Waals surface area contributed by atoms with Crippen molar-refractivity contribution in [3.63, 3.8) is 0 Å². The number of hydrogen-bond donors (Lipinski definition) is 0. The lowest BCUT2D eigenvalue weighted by molar-refractivity contribution is -0.143. The molecule has 0 N–H and O–H groups in total. The van der Waals surface area contributed by atoms with Gasteiger partial charge in [0.05, 0.1) is 6.61 Å². The van der Waals surface area contributed by atoms with Crippen LogP contribution >= 0.6 is 0 Å². The Morgan fingerprint density at radius 3 is 2.87 bits per heavy atom. The second-order valence-corrected chi connectivity index (χ2v) is 4.14. The first kappa shape index (κ1) is 12.0. The molecule has 3 heteroatoms. The highest BCUT2D eigenvalue weighted by molar-refractivity contribution is 5.86. The Balaban J connectivity index is 2.53. The van der Waals surface area contributed by atoms with Crippen molar-refractivity contribution in [3.05, 3.63) is 12.7 Å². The number of ketones is 1.